The Kier molecular flexibility index (Phi) is 5.41. The van der Waals surface area contributed by atoms with E-state index in [2.05, 4.69) is 4.74 Å². The Hall–Kier alpha value is -0.320. The average Bonchev–Trinajstić information content (AvgIpc) is 2.12. The molecule has 1 nitrogen and oxygen atoms in total. The van der Waals surface area contributed by atoms with E-state index in [-0.39, 0.29) is 6.42 Å². The first-order valence-corrected chi connectivity index (χ1v) is 4.59. The molecule has 0 fully saturated rings. The van der Waals surface area contributed by atoms with E-state index in [1.807, 2.05) is 0 Å². The molecule has 3 atom stereocenters. The van der Waals surface area contributed by atoms with Crippen LogP contribution in [0.5, 0.6) is 0 Å². The molecule has 0 aromatic carbocycles. The molecule has 0 saturated heterocycles. The lowest BCUT2D eigenvalue weighted by Crippen LogP contribution is -2.41. The van der Waals surface area contributed by atoms with Crippen LogP contribution in [0.2, 0.25) is 0 Å². The highest BCUT2D eigenvalue weighted by atomic mass is 19.3. The summed E-state index contributed by atoms with van der Waals surface area (Å²) in [6.07, 6.45) is -4.98. The van der Waals surface area contributed by atoms with Gasteiger partial charge in [-0.1, -0.05) is 6.92 Å². The molecule has 14 heavy (non-hydrogen) atoms. The Morgan fingerprint density at radius 1 is 1.21 bits per heavy atom. The van der Waals surface area contributed by atoms with Gasteiger partial charge >= 0.3 is 5.92 Å². The van der Waals surface area contributed by atoms with Crippen molar-refractivity contribution in [2.45, 2.75) is 51.6 Å². The van der Waals surface area contributed by atoms with Crippen molar-refractivity contribution in [3.63, 3.8) is 0 Å². The third-order valence-corrected chi connectivity index (χ3v) is 2.04. The van der Waals surface area contributed by atoms with Gasteiger partial charge in [0, 0.05) is 0 Å². The summed E-state index contributed by atoms with van der Waals surface area (Å²) in [5.74, 6) is -3.56. The number of rotatable bonds is 6. The molecule has 0 aromatic rings. The maximum atomic E-state index is 12.9. The molecular weight excluding hydrogens is 200 g/mol. The molecule has 0 amide bonds. The second-order valence-electron chi connectivity index (χ2n) is 3.27. The van der Waals surface area contributed by atoms with Gasteiger partial charge in [0.1, 0.15) is 12.3 Å². The van der Waals surface area contributed by atoms with Crippen LogP contribution in [0.1, 0.15) is 27.2 Å². The van der Waals surface area contributed by atoms with Gasteiger partial charge in [0.05, 0.1) is 6.61 Å². The van der Waals surface area contributed by atoms with Gasteiger partial charge in [0.25, 0.3) is 0 Å². The van der Waals surface area contributed by atoms with E-state index < -0.39 is 31.0 Å². The number of hydrogen-bond donors (Lipinski definition) is 0. The van der Waals surface area contributed by atoms with Crippen LogP contribution >= 0.6 is 0 Å². The molecule has 0 rings (SSSR count). The maximum absolute atomic E-state index is 12.9. The van der Waals surface area contributed by atoms with E-state index in [0.717, 1.165) is 13.8 Å². The van der Waals surface area contributed by atoms with Crippen LogP contribution in [0.25, 0.3) is 0 Å². The minimum Gasteiger partial charge on any atom is -0.369 e. The molecule has 0 aliphatic rings. The van der Waals surface area contributed by atoms with Crippen molar-refractivity contribution in [3.05, 3.63) is 0 Å². The quantitative estimate of drug-likeness (QED) is 0.620. The third-order valence-electron chi connectivity index (χ3n) is 2.04. The van der Waals surface area contributed by atoms with Gasteiger partial charge in [-0.15, -0.1) is 0 Å². The zero-order valence-electron chi connectivity index (χ0n) is 8.57. The van der Waals surface area contributed by atoms with Gasteiger partial charge in [-0.05, 0) is 20.3 Å². The highest BCUT2D eigenvalue weighted by molar-refractivity contribution is 4.80. The van der Waals surface area contributed by atoms with Crippen LogP contribution in [-0.4, -0.2) is 31.0 Å². The van der Waals surface area contributed by atoms with Crippen LogP contribution in [0.15, 0.2) is 0 Å². The molecule has 0 aliphatic heterocycles. The number of halogens is 4. The largest absolute Gasteiger partial charge is 0.369 e. The van der Waals surface area contributed by atoms with E-state index in [9.17, 15) is 17.6 Å². The van der Waals surface area contributed by atoms with Crippen molar-refractivity contribution in [2.24, 2.45) is 0 Å². The molecule has 0 N–H and O–H groups in total. The zero-order valence-corrected chi connectivity index (χ0v) is 8.57. The van der Waals surface area contributed by atoms with Crippen molar-refractivity contribution >= 4 is 0 Å². The van der Waals surface area contributed by atoms with Gasteiger partial charge < -0.3 is 4.74 Å². The Bertz CT molecular complexity index is 161. The predicted molar refractivity (Wildman–Crippen MR) is 46.1 cm³/mol. The van der Waals surface area contributed by atoms with Crippen LogP contribution < -0.4 is 0 Å². The molecule has 0 bridgehead atoms. The molecule has 86 valence electrons. The van der Waals surface area contributed by atoms with E-state index in [4.69, 9.17) is 0 Å². The highest BCUT2D eigenvalue weighted by Crippen LogP contribution is 2.27. The molecule has 5 heteroatoms. The average molecular weight is 216 g/mol. The van der Waals surface area contributed by atoms with Crippen molar-refractivity contribution in [1.82, 2.24) is 0 Å². The smallest absolute Gasteiger partial charge is 0.303 e. The summed E-state index contributed by atoms with van der Waals surface area (Å²) in [7, 11) is 0. The van der Waals surface area contributed by atoms with E-state index in [1.165, 1.54) is 0 Å². The fraction of sp³-hybridized carbons (Fsp3) is 1.00. The summed E-state index contributed by atoms with van der Waals surface area (Å²) in [6, 6.07) is 0. The fourth-order valence-corrected chi connectivity index (χ4v) is 0.801. The Labute approximate surface area is 81.4 Å². The first-order valence-electron chi connectivity index (χ1n) is 4.59. The standard InChI is InChI=1S/C9H16F4O/c1-4-8(11)5-14-7(3)9(12,13)6(2)10/h6-8H,4-5H2,1-3H3. The maximum Gasteiger partial charge on any atom is 0.303 e. The lowest BCUT2D eigenvalue weighted by atomic mass is 10.1. The van der Waals surface area contributed by atoms with Crippen molar-refractivity contribution in [3.8, 4) is 0 Å². The van der Waals surface area contributed by atoms with E-state index >= 15 is 0 Å². The molecule has 0 radical (unpaired) electrons. The lowest BCUT2D eigenvalue weighted by Gasteiger charge is -2.25. The van der Waals surface area contributed by atoms with Gasteiger partial charge in [0.2, 0.25) is 0 Å². The monoisotopic (exact) mass is 216 g/mol. The predicted octanol–water partition coefficient (Wildman–Crippen LogP) is 3.13. The summed E-state index contributed by atoms with van der Waals surface area (Å²) in [5.41, 5.74) is 0. The topological polar surface area (TPSA) is 9.23 Å². The number of alkyl halides is 4. The third kappa shape index (κ3) is 3.82. The first kappa shape index (κ1) is 13.7. The summed E-state index contributed by atoms with van der Waals surface area (Å²) < 4.78 is 55.3. The lowest BCUT2D eigenvalue weighted by molar-refractivity contribution is -0.168. The van der Waals surface area contributed by atoms with Gasteiger partial charge in [0.15, 0.2) is 6.17 Å². The minimum atomic E-state index is -3.56. The Morgan fingerprint density at radius 2 is 1.71 bits per heavy atom. The summed E-state index contributed by atoms with van der Waals surface area (Å²) in [6.45, 7) is 2.96. The molecule has 0 heterocycles. The second kappa shape index (κ2) is 5.53. The number of ether oxygens (including phenoxy) is 1. The van der Waals surface area contributed by atoms with Crippen LogP contribution in [0.4, 0.5) is 17.6 Å². The van der Waals surface area contributed by atoms with Crippen molar-refractivity contribution in [2.75, 3.05) is 6.61 Å². The molecule has 0 aliphatic carbocycles. The minimum absolute atomic E-state index is 0.198. The van der Waals surface area contributed by atoms with E-state index in [1.54, 1.807) is 6.92 Å². The molecule has 0 spiro atoms. The normalized spacial score (nSPS) is 19.1. The molecule has 3 unspecified atom stereocenters. The fourth-order valence-electron chi connectivity index (χ4n) is 0.801. The zero-order chi connectivity index (χ0) is 11.4. The SMILES string of the molecule is CCC(F)COC(C)C(F)(F)C(C)F. The molecule has 0 aromatic heterocycles. The first-order chi connectivity index (χ1) is 6.32. The van der Waals surface area contributed by atoms with Crippen LogP contribution in [0, 0.1) is 0 Å². The van der Waals surface area contributed by atoms with Gasteiger partial charge in [-0.3, -0.25) is 0 Å². The number of hydrogen-bond acceptors (Lipinski definition) is 1. The highest BCUT2D eigenvalue weighted by Gasteiger charge is 2.43. The summed E-state index contributed by atoms with van der Waals surface area (Å²) in [4.78, 5) is 0. The van der Waals surface area contributed by atoms with Crippen molar-refractivity contribution in [1.29, 1.82) is 0 Å². The van der Waals surface area contributed by atoms with E-state index in [0.29, 0.717) is 0 Å². The van der Waals surface area contributed by atoms with Crippen LogP contribution in [-0.2, 0) is 4.74 Å². The summed E-state index contributed by atoms with van der Waals surface area (Å²) in [5, 5.41) is 0. The Balaban J connectivity index is 4.01. The second-order valence-corrected chi connectivity index (χ2v) is 3.27. The van der Waals surface area contributed by atoms with Gasteiger partial charge in [-0.2, -0.15) is 0 Å². The Morgan fingerprint density at radius 3 is 2.07 bits per heavy atom. The van der Waals surface area contributed by atoms with Gasteiger partial charge in [-0.25, -0.2) is 17.6 Å². The molecule has 0 saturated carbocycles. The van der Waals surface area contributed by atoms with Crippen molar-refractivity contribution < 1.29 is 22.3 Å². The summed E-state index contributed by atoms with van der Waals surface area (Å²) >= 11 is 0. The molecular formula is C9H16F4O. The van der Waals surface area contributed by atoms with Crippen LogP contribution in [0.3, 0.4) is 0 Å².